The van der Waals surface area contributed by atoms with Crippen LogP contribution in [-0.2, 0) is 23.8 Å². The molecular weight excluding hydrogens is 692 g/mol. The van der Waals surface area contributed by atoms with Crippen LogP contribution in [0.2, 0.25) is 0 Å². The van der Waals surface area contributed by atoms with Crippen LogP contribution in [-0.4, -0.2) is 92.9 Å². The van der Waals surface area contributed by atoms with Crippen LogP contribution in [0.4, 0.5) is 5.69 Å². The van der Waals surface area contributed by atoms with Gasteiger partial charge in [0.15, 0.2) is 5.75 Å². The number of amides is 1. The van der Waals surface area contributed by atoms with Crippen LogP contribution in [0.3, 0.4) is 0 Å². The number of rotatable bonds is 5. The Morgan fingerprint density at radius 3 is 2.21 bits per heavy atom. The minimum Gasteiger partial charge on any atom is -0.507 e. The third-order valence-electron chi connectivity index (χ3n) is 9.66. The normalized spacial score (nSPS) is 28.6. The SMILES string of the molecule is CCOc1c(C)c(O)c2c(O)c3c(/C=N/O)c(O)c2c1C(=O)O/C=C/[C@H](OC)[C@@H](C)[C@@H](OC(C)=O)[C@H](C)[C@H](O)[C@H](C)[C@@H](O)[C@@H](C)/C=C/C=C(/C)C(=O)N3. The van der Waals surface area contributed by atoms with E-state index in [1.54, 1.807) is 40.7 Å². The molecule has 4 bridgehead atoms. The number of fused-ring (bicyclic) bond motifs is 15. The molecule has 53 heavy (non-hydrogen) atoms. The van der Waals surface area contributed by atoms with Crippen molar-refractivity contribution in [2.24, 2.45) is 28.8 Å². The molecule has 0 radical (unpaired) electrons. The van der Waals surface area contributed by atoms with Crippen LogP contribution in [0.1, 0.15) is 70.0 Å². The van der Waals surface area contributed by atoms with E-state index in [9.17, 15) is 45.1 Å². The number of phenols is 3. The van der Waals surface area contributed by atoms with E-state index < -0.39 is 111 Å². The molecule has 8 atom stereocenters. The number of hydrogen-bond donors (Lipinski definition) is 7. The van der Waals surface area contributed by atoms with E-state index in [1.165, 1.54) is 46.1 Å². The number of aromatic hydroxyl groups is 3. The number of esters is 2. The van der Waals surface area contributed by atoms with Gasteiger partial charge < -0.3 is 55.0 Å². The van der Waals surface area contributed by atoms with Gasteiger partial charge in [0.1, 0.15) is 28.9 Å². The number of nitrogens with one attached hydrogen (secondary N) is 1. The number of carbonyl (C=O) groups excluding carboxylic acids is 3. The lowest BCUT2D eigenvalue weighted by molar-refractivity contribution is -0.160. The Morgan fingerprint density at radius 1 is 0.962 bits per heavy atom. The fourth-order valence-electron chi connectivity index (χ4n) is 6.55. The molecular formula is C38H50N2O13. The van der Waals surface area contributed by atoms with Crippen LogP contribution in [0.15, 0.2) is 41.3 Å². The van der Waals surface area contributed by atoms with Crippen LogP contribution in [0.25, 0.3) is 10.8 Å². The van der Waals surface area contributed by atoms with Gasteiger partial charge in [-0.15, -0.1) is 0 Å². The molecule has 290 valence electrons. The summed E-state index contributed by atoms with van der Waals surface area (Å²) in [4.78, 5) is 39.5. The number of carbonyl (C=O) groups is 3. The maximum atomic E-state index is 13.9. The first-order valence-corrected chi connectivity index (χ1v) is 17.1. The van der Waals surface area contributed by atoms with Crippen molar-refractivity contribution < 1.29 is 64.1 Å². The third-order valence-corrected chi connectivity index (χ3v) is 9.66. The van der Waals surface area contributed by atoms with E-state index in [1.807, 2.05) is 0 Å². The van der Waals surface area contributed by atoms with Gasteiger partial charge in [0.25, 0.3) is 5.91 Å². The number of methoxy groups -OCH3 is 1. The summed E-state index contributed by atoms with van der Waals surface area (Å²) in [6.07, 6.45) is 3.66. The zero-order valence-electron chi connectivity index (χ0n) is 31.3. The molecule has 0 spiro atoms. The molecule has 2 heterocycles. The first-order chi connectivity index (χ1) is 24.9. The number of benzene rings is 2. The molecule has 0 aromatic heterocycles. The van der Waals surface area contributed by atoms with Gasteiger partial charge in [-0.1, -0.05) is 51.1 Å². The number of oxime groups is 1. The van der Waals surface area contributed by atoms with Crippen LogP contribution < -0.4 is 10.1 Å². The Morgan fingerprint density at radius 2 is 1.62 bits per heavy atom. The van der Waals surface area contributed by atoms with Gasteiger partial charge in [0.2, 0.25) is 0 Å². The Balaban J connectivity index is 2.38. The van der Waals surface area contributed by atoms with E-state index in [4.69, 9.17) is 18.9 Å². The predicted octanol–water partition coefficient (Wildman–Crippen LogP) is 4.81. The van der Waals surface area contributed by atoms with Crippen molar-refractivity contribution in [1.29, 1.82) is 0 Å². The summed E-state index contributed by atoms with van der Waals surface area (Å²) in [5.74, 6) is -7.43. The number of anilines is 1. The van der Waals surface area contributed by atoms with Crippen LogP contribution >= 0.6 is 0 Å². The van der Waals surface area contributed by atoms with Crippen molar-refractivity contribution in [3.63, 3.8) is 0 Å². The number of allylic oxidation sites excluding steroid dienone is 2. The Kier molecular flexibility index (Phi) is 14.4. The standard InChI is InChI=1S/C38H50N2O13/c1-10-51-36-22(7)32(44)27-26-28(36)38(48)52-15-14-25(50-9)19(4)35(53-23(8)41)21(6)31(43)20(5)30(42)17(2)12-11-13-18(3)37(47)40-29(34(27)46)24(16-39-49)33(26)45/h11-17,19-21,25,30-31,35,42-46,49H,10H2,1-9H3,(H,40,47)/b12-11+,15-14+,18-13-,39-16+/t17-,19+,20+,21+,25-,30-,31+,35+/m0/s1. The van der Waals surface area contributed by atoms with Gasteiger partial charge >= 0.3 is 11.9 Å². The summed E-state index contributed by atoms with van der Waals surface area (Å²) in [5.41, 5.74) is -1.21. The minimum absolute atomic E-state index is 0.00701. The zero-order valence-corrected chi connectivity index (χ0v) is 31.3. The summed E-state index contributed by atoms with van der Waals surface area (Å²) in [6, 6.07) is 0. The molecule has 2 aromatic carbocycles. The highest BCUT2D eigenvalue weighted by Gasteiger charge is 2.39. The molecule has 0 unspecified atom stereocenters. The third kappa shape index (κ3) is 8.92. The van der Waals surface area contributed by atoms with Gasteiger partial charge in [-0.2, -0.15) is 0 Å². The van der Waals surface area contributed by atoms with E-state index in [2.05, 4.69) is 10.5 Å². The van der Waals surface area contributed by atoms with Crippen molar-refractivity contribution in [2.75, 3.05) is 19.0 Å². The highest BCUT2D eigenvalue weighted by Crippen LogP contribution is 2.52. The molecule has 15 nitrogen and oxygen atoms in total. The van der Waals surface area contributed by atoms with Gasteiger partial charge in [0.05, 0.1) is 59.4 Å². The smallest absolute Gasteiger partial charge is 0.347 e. The van der Waals surface area contributed by atoms with Crippen molar-refractivity contribution >= 4 is 40.5 Å². The van der Waals surface area contributed by atoms with Crippen LogP contribution in [0, 0.1) is 30.6 Å². The summed E-state index contributed by atoms with van der Waals surface area (Å²) in [5, 5.41) is 71.1. The number of aliphatic hydroxyl groups excluding tert-OH is 2. The maximum absolute atomic E-state index is 13.9. The average Bonchev–Trinajstić information content (AvgIpc) is 3.12. The van der Waals surface area contributed by atoms with Crippen molar-refractivity contribution in [2.45, 2.75) is 79.8 Å². The first kappa shape index (κ1) is 42.3. The average molecular weight is 743 g/mol. The van der Waals surface area contributed by atoms with E-state index >= 15 is 0 Å². The fraction of sp³-hybridized carbons (Fsp3) is 0.474. The van der Waals surface area contributed by atoms with Crippen molar-refractivity contribution in [3.05, 3.63) is 52.8 Å². The second-order valence-corrected chi connectivity index (χ2v) is 13.2. The van der Waals surface area contributed by atoms with E-state index in [-0.39, 0.29) is 23.5 Å². The van der Waals surface area contributed by atoms with Gasteiger partial charge in [-0.25, -0.2) is 4.79 Å². The van der Waals surface area contributed by atoms with Gasteiger partial charge in [0, 0.05) is 48.8 Å². The predicted molar refractivity (Wildman–Crippen MR) is 195 cm³/mol. The topological polar surface area (TPSA) is 234 Å². The van der Waals surface area contributed by atoms with Crippen LogP contribution in [0.5, 0.6) is 23.0 Å². The fourth-order valence-corrected chi connectivity index (χ4v) is 6.55. The number of hydrogen-bond acceptors (Lipinski definition) is 14. The number of phenolic OH excluding ortho intramolecular Hbond substituents is 3. The number of aliphatic hydroxyl groups is 2. The molecule has 2 aliphatic heterocycles. The second kappa shape index (κ2) is 18.1. The second-order valence-electron chi connectivity index (χ2n) is 13.2. The Hall–Kier alpha value is -5.12. The molecule has 1 amide bonds. The summed E-state index contributed by atoms with van der Waals surface area (Å²) >= 11 is 0. The number of ether oxygens (including phenoxy) is 4. The Bertz CT molecular complexity index is 1820. The highest BCUT2D eigenvalue weighted by atomic mass is 16.6. The largest absolute Gasteiger partial charge is 0.507 e. The lowest BCUT2D eigenvalue weighted by Gasteiger charge is -2.38. The lowest BCUT2D eigenvalue weighted by atomic mass is 9.78. The number of nitrogens with zero attached hydrogens (tertiary/aromatic N) is 1. The van der Waals surface area contributed by atoms with Gasteiger partial charge in [-0.05, 0) is 26.8 Å². The Labute approximate surface area is 307 Å². The van der Waals surface area contributed by atoms with Gasteiger partial charge in [-0.3, -0.25) is 9.59 Å². The highest BCUT2D eigenvalue weighted by molar-refractivity contribution is 6.20. The molecule has 0 fully saturated rings. The van der Waals surface area contributed by atoms with Crippen molar-refractivity contribution in [3.8, 4) is 23.0 Å². The molecule has 0 aliphatic carbocycles. The molecule has 2 aromatic rings. The minimum atomic E-state index is -1.16. The maximum Gasteiger partial charge on any atom is 0.347 e. The molecule has 0 saturated carbocycles. The summed E-state index contributed by atoms with van der Waals surface area (Å²) in [6.45, 7) is 12.5. The zero-order chi connectivity index (χ0) is 39.9. The molecule has 4 rings (SSSR count). The first-order valence-electron chi connectivity index (χ1n) is 17.1. The molecule has 15 heteroatoms. The van der Waals surface area contributed by atoms with E-state index in [0.717, 1.165) is 12.5 Å². The van der Waals surface area contributed by atoms with Crippen molar-refractivity contribution in [1.82, 2.24) is 0 Å². The quantitative estimate of drug-likeness (QED) is 0.0545. The monoisotopic (exact) mass is 742 g/mol. The molecule has 7 N–H and O–H groups in total. The molecule has 2 aliphatic rings. The summed E-state index contributed by atoms with van der Waals surface area (Å²) < 4.78 is 22.5. The van der Waals surface area contributed by atoms with E-state index in [0.29, 0.717) is 0 Å². The summed E-state index contributed by atoms with van der Waals surface area (Å²) in [7, 11) is 1.38. The lowest BCUT2D eigenvalue weighted by Crippen LogP contribution is -2.46. The molecule has 0 saturated heterocycles.